The topological polar surface area (TPSA) is 296 Å². The SMILES string of the molecule is CC(C)C[C@H](NC(=O)[C@H](CCCCNC(=O)C=O)NC(=O)[C@@H]1CCCN1C(=O)[C@H](CCC(N)=O)NC(=O)[C@@H]1CCCN1)C(=O)N1CCC[C@H]1C(=O)N[C@@H](Cc1ccccc1)C(=O)O. The van der Waals surface area contributed by atoms with Crippen molar-refractivity contribution in [2.45, 2.75) is 140 Å². The summed E-state index contributed by atoms with van der Waals surface area (Å²) >= 11 is 0. The highest BCUT2D eigenvalue weighted by Crippen LogP contribution is 2.23. The molecule has 20 nitrogen and oxygen atoms in total. The molecule has 0 spiro atoms. The lowest BCUT2D eigenvalue weighted by Crippen LogP contribution is -2.59. The first-order chi connectivity index (χ1) is 30.1. The van der Waals surface area contributed by atoms with Crippen LogP contribution in [0, 0.1) is 5.92 Å². The second-order valence-corrected chi connectivity index (χ2v) is 16.8. The third-order valence-corrected chi connectivity index (χ3v) is 11.5. The van der Waals surface area contributed by atoms with Crippen LogP contribution < -0.4 is 37.6 Å². The van der Waals surface area contributed by atoms with Gasteiger partial charge in [0.2, 0.25) is 47.6 Å². The van der Waals surface area contributed by atoms with E-state index in [0.29, 0.717) is 37.8 Å². The number of aldehydes is 1. The third-order valence-electron chi connectivity index (χ3n) is 11.5. The number of carbonyl (C=O) groups excluding carboxylic acids is 9. The highest BCUT2D eigenvalue weighted by atomic mass is 16.4. The Bertz CT molecular complexity index is 1810. The van der Waals surface area contributed by atoms with Gasteiger partial charge in [0.05, 0.1) is 6.04 Å². The molecule has 0 aromatic heterocycles. The van der Waals surface area contributed by atoms with Crippen molar-refractivity contribution < 1.29 is 53.1 Å². The van der Waals surface area contributed by atoms with Crippen molar-refractivity contribution in [1.29, 1.82) is 0 Å². The largest absolute Gasteiger partial charge is 0.480 e. The average Bonchev–Trinajstić information content (AvgIpc) is 4.07. The Morgan fingerprint density at radius 2 is 1.37 bits per heavy atom. The van der Waals surface area contributed by atoms with Crippen molar-refractivity contribution in [3.63, 3.8) is 0 Å². The lowest BCUT2D eigenvalue weighted by molar-refractivity contribution is -0.145. The summed E-state index contributed by atoms with van der Waals surface area (Å²) in [5, 5.41) is 26.3. The second kappa shape index (κ2) is 24.6. The second-order valence-electron chi connectivity index (χ2n) is 16.8. The van der Waals surface area contributed by atoms with Crippen LogP contribution in [-0.2, 0) is 54.4 Å². The number of amides is 8. The van der Waals surface area contributed by atoms with Gasteiger partial charge in [-0.25, -0.2) is 4.79 Å². The highest BCUT2D eigenvalue weighted by molar-refractivity contribution is 6.23. The van der Waals surface area contributed by atoms with Crippen LogP contribution in [0.4, 0.5) is 0 Å². The molecule has 0 radical (unpaired) electrons. The van der Waals surface area contributed by atoms with Gasteiger partial charge in [0.1, 0.15) is 36.3 Å². The van der Waals surface area contributed by atoms with Gasteiger partial charge in [-0.05, 0) is 88.7 Å². The summed E-state index contributed by atoms with van der Waals surface area (Å²) in [6.45, 7) is 4.81. The number of carbonyl (C=O) groups is 10. The van der Waals surface area contributed by atoms with Crippen LogP contribution in [0.25, 0.3) is 0 Å². The number of unbranched alkanes of at least 4 members (excludes halogenated alkanes) is 1. The van der Waals surface area contributed by atoms with E-state index in [9.17, 15) is 53.1 Å². The van der Waals surface area contributed by atoms with E-state index in [1.807, 2.05) is 13.8 Å². The molecule has 63 heavy (non-hydrogen) atoms. The molecule has 8 amide bonds. The molecule has 3 aliphatic rings. The summed E-state index contributed by atoms with van der Waals surface area (Å²) in [6.07, 6.45) is 3.48. The van der Waals surface area contributed by atoms with Crippen molar-refractivity contribution in [2.24, 2.45) is 11.7 Å². The summed E-state index contributed by atoms with van der Waals surface area (Å²) in [4.78, 5) is 132. The number of likely N-dealkylation sites (tertiary alicyclic amines) is 2. The van der Waals surface area contributed by atoms with Crippen LogP contribution >= 0.6 is 0 Å². The fourth-order valence-corrected chi connectivity index (χ4v) is 8.28. The van der Waals surface area contributed by atoms with Gasteiger partial charge in [-0.1, -0.05) is 44.2 Å². The van der Waals surface area contributed by atoms with E-state index in [4.69, 9.17) is 5.73 Å². The van der Waals surface area contributed by atoms with E-state index >= 15 is 0 Å². The molecule has 3 fully saturated rings. The molecule has 3 aliphatic heterocycles. The summed E-state index contributed by atoms with van der Waals surface area (Å²) < 4.78 is 0. The first kappa shape index (κ1) is 49.7. The molecule has 1 aromatic rings. The van der Waals surface area contributed by atoms with Gasteiger partial charge in [-0.2, -0.15) is 0 Å². The number of hydrogen-bond donors (Lipinski definition) is 8. The van der Waals surface area contributed by atoms with Crippen molar-refractivity contribution in [3.05, 3.63) is 35.9 Å². The van der Waals surface area contributed by atoms with E-state index in [1.165, 1.54) is 9.80 Å². The molecule has 20 heteroatoms. The van der Waals surface area contributed by atoms with Gasteiger partial charge in [-0.3, -0.25) is 43.2 Å². The molecule has 7 atom stereocenters. The fraction of sp³-hybridized carbons (Fsp3) is 0.628. The smallest absolute Gasteiger partial charge is 0.326 e. The number of nitrogens with two attached hydrogens (primary N) is 1. The number of primary amides is 1. The zero-order valence-electron chi connectivity index (χ0n) is 36.1. The van der Waals surface area contributed by atoms with Crippen molar-refractivity contribution in [1.82, 2.24) is 41.7 Å². The van der Waals surface area contributed by atoms with Gasteiger partial charge in [0.25, 0.3) is 5.91 Å². The molecule has 0 aliphatic carbocycles. The number of hydrogen-bond acceptors (Lipinski definition) is 11. The molecule has 1 aromatic carbocycles. The maximum absolute atomic E-state index is 14.3. The number of aliphatic carboxylic acids is 1. The van der Waals surface area contributed by atoms with Crippen molar-refractivity contribution >= 4 is 59.5 Å². The van der Waals surface area contributed by atoms with Crippen LogP contribution in [0.2, 0.25) is 0 Å². The molecular formula is C43H63N9O11. The van der Waals surface area contributed by atoms with Gasteiger partial charge in [-0.15, -0.1) is 0 Å². The minimum Gasteiger partial charge on any atom is -0.480 e. The molecule has 3 saturated heterocycles. The minimum atomic E-state index is -1.25. The van der Waals surface area contributed by atoms with Crippen LogP contribution in [0.3, 0.4) is 0 Å². The van der Waals surface area contributed by atoms with Crippen molar-refractivity contribution in [2.75, 3.05) is 26.2 Å². The third kappa shape index (κ3) is 15.1. The standard InChI is InChI=1S/C43H63N9O11/c1-26(2)23-31(42(61)52-22-10-16-34(52)40(59)50-32(43(62)63)24-27-11-4-3-5-12-27)49-38(57)29(13-6-7-19-46-36(55)25-53)47-39(58)33-15-9-21-51(33)41(60)30(17-18-35(44)54)48-37(56)28-14-8-20-45-28/h3-5,11-12,25-26,28-34,45H,6-10,13-24H2,1-2H3,(H2,44,54)(H,46,55)(H,47,58)(H,48,56)(H,49,57)(H,50,59)(H,62,63)/t28-,29-,30-,31-,32-,33-,34-/m0/s1. The number of carboxylic acid groups (broad SMARTS) is 1. The summed E-state index contributed by atoms with van der Waals surface area (Å²) in [5.41, 5.74) is 6.09. The quantitative estimate of drug-likeness (QED) is 0.0345. The molecular weight excluding hydrogens is 819 g/mol. The average molecular weight is 882 g/mol. The maximum Gasteiger partial charge on any atom is 0.326 e. The van der Waals surface area contributed by atoms with Crippen LogP contribution in [-0.4, -0.2) is 143 Å². The number of carboxylic acids is 1. The maximum atomic E-state index is 14.3. The zero-order valence-corrected chi connectivity index (χ0v) is 36.1. The van der Waals surface area contributed by atoms with Crippen LogP contribution in [0.5, 0.6) is 0 Å². The molecule has 4 rings (SSSR count). The Kier molecular flexibility index (Phi) is 19.5. The minimum absolute atomic E-state index is 0.0303. The Morgan fingerprint density at radius 1 is 0.762 bits per heavy atom. The van der Waals surface area contributed by atoms with E-state index in [0.717, 1.165) is 6.42 Å². The van der Waals surface area contributed by atoms with E-state index in [-0.39, 0.29) is 83.2 Å². The lowest BCUT2D eigenvalue weighted by Gasteiger charge is -2.32. The van der Waals surface area contributed by atoms with E-state index < -0.39 is 95.5 Å². The van der Waals surface area contributed by atoms with Crippen LogP contribution in [0.15, 0.2) is 30.3 Å². The number of nitrogens with one attached hydrogen (secondary N) is 6. The number of rotatable bonds is 24. The number of nitrogens with zero attached hydrogens (tertiary/aromatic N) is 2. The number of benzene rings is 1. The van der Waals surface area contributed by atoms with Gasteiger partial charge in [0, 0.05) is 32.5 Å². The lowest BCUT2D eigenvalue weighted by atomic mass is 10.0. The summed E-state index contributed by atoms with van der Waals surface area (Å²) in [7, 11) is 0. The van der Waals surface area contributed by atoms with Gasteiger partial charge in [0.15, 0.2) is 0 Å². The Morgan fingerprint density at radius 3 is 1.92 bits per heavy atom. The Labute approximate surface area is 366 Å². The molecule has 0 unspecified atom stereocenters. The first-order valence-electron chi connectivity index (χ1n) is 21.9. The highest BCUT2D eigenvalue weighted by Gasteiger charge is 2.42. The molecule has 346 valence electrons. The monoisotopic (exact) mass is 881 g/mol. The predicted octanol–water partition coefficient (Wildman–Crippen LogP) is -1.22. The normalized spacial score (nSPS) is 20.2. The molecule has 0 bridgehead atoms. The predicted molar refractivity (Wildman–Crippen MR) is 227 cm³/mol. The summed E-state index contributed by atoms with van der Waals surface area (Å²) in [6, 6.07) is 1.52. The fourth-order valence-electron chi connectivity index (χ4n) is 8.28. The van der Waals surface area contributed by atoms with E-state index in [1.54, 1.807) is 30.3 Å². The van der Waals surface area contributed by atoms with Crippen molar-refractivity contribution in [3.8, 4) is 0 Å². The Balaban J connectivity index is 1.50. The first-order valence-corrected chi connectivity index (χ1v) is 21.9. The van der Waals surface area contributed by atoms with Gasteiger partial charge >= 0.3 is 5.97 Å². The molecule has 0 saturated carbocycles. The Hall–Kier alpha value is -5.92. The van der Waals surface area contributed by atoms with E-state index in [2.05, 4.69) is 31.9 Å². The van der Waals surface area contributed by atoms with Crippen LogP contribution in [0.1, 0.15) is 96.5 Å². The summed E-state index contributed by atoms with van der Waals surface area (Å²) in [5.74, 6) is -6.35. The molecule has 9 N–H and O–H groups in total. The van der Waals surface area contributed by atoms with Gasteiger partial charge < -0.3 is 52.5 Å². The zero-order chi connectivity index (χ0) is 46.1. The molecule has 3 heterocycles.